The van der Waals surface area contributed by atoms with Gasteiger partial charge in [0.1, 0.15) is 0 Å². The fourth-order valence-electron chi connectivity index (χ4n) is 1.67. The lowest BCUT2D eigenvalue weighted by molar-refractivity contribution is 0.0773. The topological polar surface area (TPSA) is 15.3 Å². The van der Waals surface area contributed by atoms with Gasteiger partial charge < -0.3 is 5.32 Å². The van der Waals surface area contributed by atoms with Crippen molar-refractivity contribution >= 4 is 0 Å². The van der Waals surface area contributed by atoms with E-state index >= 15 is 0 Å². The fraction of sp³-hybridized carbons (Fsp3) is 1.00. The Morgan fingerprint density at radius 2 is 1.79 bits per heavy atom. The SMILES string of the molecule is CCC(C)(C)N(C)C(C)C(C)CNC. The van der Waals surface area contributed by atoms with Crippen LogP contribution in [0, 0.1) is 5.92 Å². The number of hydrogen-bond donors (Lipinski definition) is 1. The Labute approximate surface area is 90.1 Å². The third kappa shape index (κ3) is 3.58. The first-order chi connectivity index (χ1) is 6.36. The molecule has 86 valence electrons. The molecular formula is C12H28N2. The zero-order valence-electron chi connectivity index (χ0n) is 11.0. The molecule has 0 amide bonds. The van der Waals surface area contributed by atoms with Crippen LogP contribution in [-0.4, -0.2) is 37.1 Å². The molecule has 0 bridgehead atoms. The van der Waals surface area contributed by atoms with Gasteiger partial charge in [-0.25, -0.2) is 0 Å². The number of rotatable bonds is 6. The van der Waals surface area contributed by atoms with Gasteiger partial charge in [0, 0.05) is 11.6 Å². The van der Waals surface area contributed by atoms with Crippen LogP contribution in [0.5, 0.6) is 0 Å². The zero-order chi connectivity index (χ0) is 11.4. The molecule has 0 aliphatic rings. The lowest BCUT2D eigenvalue weighted by Crippen LogP contribution is -2.49. The first-order valence-corrected chi connectivity index (χ1v) is 5.74. The van der Waals surface area contributed by atoms with Gasteiger partial charge in [-0.2, -0.15) is 0 Å². The Morgan fingerprint density at radius 3 is 2.14 bits per heavy atom. The van der Waals surface area contributed by atoms with E-state index in [4.69, 9.17) is 0 Å². The van der Waals surface area contributed by atoms with Crippen molar-refractivity contribution in [1.82, 2.24) is 10.2 Å². The molecule has 0 saturated carbocycles. The summed E-state index contributed by atoms with van der Waals surface area (Å²) in [7, 11) is 4.26. The molecule has 0 fully saturated rings. The van der Waals surface area contributed by atoms with Crippen LogP contribution >= 0.6 is 0 Å². The molecule has 0 rings (SSSR count). The van der Waals surface area contributed by atoms with Crippen molar-refractivity contribution in [3.8, 4) is 0 Å². The molecule has 0 aromatic rings. The van der Waals surface area contributed by atoms with Crippen LogP contribution in [0.4, 0.5) is 0 Å². The second-order valence-electron chi connectivity index (χ2n) is 5.05. The van der Waals surface area contributed by atoms with E-state index in [9.17, 15) is 0 Å². The number of nitrogens with zero attached hydrogens (tertiary/aromatic N) is 1. The van der Waals surface area contributed by atoms with Crippen molar-refractivity contribution in [1.29, 1.82) is 0 Å². The van der Waals surface area contributed by atoms with Gasteiger partial charge in [-0.15, -0.1) is 0 Å². The zero-order valence-corrected chi connectivity index (χ0v) is 11.0. The van der Waals surface area contributed by atoms with Crippen molar-refractivity contribution in [2.45, 2.75) is 52.6 Å². The number of nitrogens with one attached hydrogen (secondary N) is 1. The monoisotopic (exact) mass is 200 g/mol. The molecule has 0 spiro atoms. The van der Waals surface area contributed by atoms with Crippen molar-refractivity contribution in [2.75, 3.05) is 20.6 Å². The van der Waals surface area contributed by atoms with E-state index in [1.165, 1.54) is 6.42 Å². The summed E-state index contributed by atoms with van der Waals surface area (Å²) >= 11 is 0. The summed E-state index contributed by atoms with van der Waals surface area (Å²) in [6.07, 6.45) is 1.19. The second kappa shape index (κ2) is 5.72. The van der Waals surface area contributed by atoms with Gasteiger partial charge in [0.25, 0.3) is 0 Å². The van der Waals surface area contributed by atoms with E-state index < -0.39 is 0 Å². The van der Waals surface area contributed by atoms with E-state index in [-0.39, 0.29) is 0 Å². The molecule has 2 nitrogen and oxygen atoms in total. The first-order valence-electron chi connectivity index (χ1n) is 5.74. The molecule has 0 saturated heterocycles. The maximum absolute atomic E-state index is 3.25. The van der Waals surface area contributed by atoms with Crippen LogP contribution in [0.3, 0.4) is 0 Å². The van der Waals surface area contributed by atoms with Crippen LogP contribution < -0.4 is 5.32 Å². The highest BCUT2D eigenvalue weighted by atomic mass is 15.2. The van der Waals surface area contributed by atoms with Crippen LogP contribution in [0.25, 0.3) is 0 Å². The van der Waals surface area contributed by atoms with E-state index in [1.807, 2.05) is 7.05 Å². The lowest BCUT2D eigenvalue weighted by Gasteiger charge is -2.41. The van der Waals surface area contributed by atoms with Crippen LogP contribution in [0.2, 0.25) is 0 Å². The minimum Gasteiger partial charge on any atom is -0.319 e. The van der Waals surface area contributed by atoms with Crippen LogP contribution in [-0.2, 0) is 0 Å². The molecule has 0 radical (unpaired) electrons. The number of hydrogen-bond acceptors (Lipinski definition) is 2. The highest BCUT2D eigenvalue weighted by molar-refractivity contribution is 4.83. The third-order valence-corrected chi connectivity index (χ3v) is 3.78. The Balaban J connectivity index is 4.30. The summed E-state index contributed by atoms with van der Waals surface area (Å²) < 4.78 is 0. The van der Waals surface area contributed by atoms with E-state index in [2.05, 4.69) is 51.9 Å². The second-order valence-corrected chi connectivity index (χ2v) is 5.05. The minimum absolute atomic E-state index is 0.307. The average molecular weight is 200 g/mol. The lowest BCUT2D eigenvalue weighted by atomic mass is 9.93. The Morgan fingerprint density at radius 1 is 1.29 bits per heavy atom. The van der Waals surface area contributed by atoms with Gasteiger partial charge in [0.05, 0.1) is 0 Å². The molecule has 0 aromatic heterocycles. The molecule has 1 N–H and O–H groups in total. The minimum atomic E-state index is 0.307. The average Bonchev–Trinajstić information content (AvgIpc) is 2.15. The van der Waals surface area contributed by atoms with E-state index in [0.29, 0.717) is 17.5 Å². The summed E-state index contributed by atoms with van der Waals surface area (Å²) in [5, 5.41) is 3.25. The Bertz CT molecular complexity index is 154. The van der Waals surface area contributed by atoms with Crippen molar-refractivity contribution in [3.05, 3.63) is 0 Å². The van der Waals surface area contributed by atoms with Gasteiger partial charge in [0.2, 0.25) is 0 Å². The third-order valence-electron chi connectivity index (χ3n) is 3.78. The van der Waals surface area contributed by atoms with Crippen molar-refractivity contribution < 1.29 is 0 Å². The summed E-state index contributed by atoms with van der Waals surface area (Å²) in [5.41, 5.74) is 0.307. The normalized spacial score (nSPS) is 17.1. The highest BCUT2D eigenvalue weighted by Crippen LogP contribution is 2.22. The Kier molecular flexibility index (Phi) is 5.68. The quantitative estimate of drug-likeness (QED) is 0.708. The maximum atomic E-state index is 3.25. The summed E-state index contributed by atoms with van der Waals surface area (Å²) in [6, 6.07) is 0.623. The summed E-state index contributed by atoms with van der Waals surface area (Å²) in [5.74, 6) is 0.691. The van der Waals surface area contributed by atoms with Gasteiger partial charge in [0.15, 0.2) is 0 Å². The molecule has 0 aliphatic carbocycles. The first kappa shape index (κ1) is 13.9. The standard InChI is InChI=1S/C12H28N2/c1-8-12(4,5)14(7)11(3)10(2)9-13-6/h10-11,13H,8-9H2,1-7H3. The predicted molar refractivity (Wildman–Crippen MR) is 64.7 cm³/mol. The molecule has 0 aromatic carbocycles. The largest absolute Gasteiger partial charge is 0.319 e. The van der Waals surface area contributed by atoms with Gasteiger partial charge >= 0.3 is 0 Å². The molecule has 0 heterocycles. The van der Waals surface area contributed by atoms with E-state index in [1.54, 1.807) is 0 Å². The molecule has 2 atom stereocenters. The molecule has 2 unspecified atom stereocenters. The van der Waals surface area contributed by atoms with Crippen molar-refractivity contribution in [3.63, 3.8) is 0 Å². The molecule has 14 heavy (non-hydrogen) atoms. The van der Waals surface area contributed by atoms with Gasteiger partial charge in [-0.05, 0) is 53.8 Å². The smallest absolute Gasteiger partial charge is 0.0150 e. The maximum Gasteiger partial charge on any atom is 0.0150 e. The predicted octanol–water partition coefficient (Wildman–Crippen LogP) is 2.35. The van der Waals surface area contributed by atoms with Gasteiger partial charge in [-0.1, -0.05) is 13.8 Å². The molecular weight excluding hydrogens is 172 g/mol. The van der Waals surface area contributed by atoms with Crippen LogP contribution in [0.1, 0.15) is 41.0 Å². The van der Waals surface area contributed by atoms with Gasteiger partial charge in [-0.3, -0.25) is 4.90 Å². The summed E-state index contributed by atoms with van der Waals surface area (Å²) in [4.78, 5) is 2.50. The molecule has 2 heteroatoms. The molecule has 0 aliphatic heterocycles. The highest BCUT2D eigenvalue weighted by Gasteiger charge is 2.27. The fourth-order valence-corrected chi connectivity index (χ4v) is 1.67. The van der Waals surface area contributed by atoms with E-state index in [0.717, 1.165) is 6.54 Å². The van der Waals surface area contributed by atoms with Crippen molar-refractivity contribution in [2.24, 2.45) is 5.92 Å². The Hall–Kier alpha value is -0.0800. The summed E-state index contributed by atoms with van der Waals surface area (Å²) in [6.45, 7) is 12.6. The van der Waals surface area contributed by atoms with Crippen LogP contribution in [0.15, 0.2) is 0 Å².